The van der Waals surface area contributed by atoms with Crippen LogP contribution in [0.4, 0.5) is 5.69 Å². The second-order valence-electron chi connectivity index (χ2n) is 3.77. The van der Waals surface area contributed by atoms with E-state index in [-0.39, 0.29) is 11.7 Å². The molecule has 1 atom stereocenters. The lowest BCUT2D eigenvalue weighted by Gasteiger charge is -2.11. The van der Waals surface area contributed by atoms with Gasteiger partial charge in [-0.15, -0.1) is 0 Å². The minimum Gasteiger partial charge on any atom is -0.493 e. The van der Waals surface area contributed by atoms with Gasteiger partial charge in [-0.05, 0) is 19.4 Å². The molecule has 0 aliphatic heterocycles. The van der Waals surface area contributed by atoms with Gasteiger partial charge in [0.05, 0.1) is 25.2 Å². The largest absolute Gasteiger partial charge is 0.493 e. The Kier molecular flexibility index (Phi) is 4.28. The average molecular weight is 240 g/mol. The molecular weight excluding hydrogens is 224 g/mol. The molecule has 1 unspecified atom stereocenters. The fourth-order valence-electron chi connectivity index (χ4n) is 1.59. The molecule has 1 rings (SSSR count). The van der Waals surface area contributed by atoms with E-state index in [1.165, 1.54) is 20.3 Å². The van der Waals surface area contributed by atoms with E-state index in [1.54, 1.807) is 13.0 Å². The van der Waals surface area contributed by atoms with Gasteiger partial charge >= 0.3 is 0 Å². The first-order valence-corrected chi connectivity index (χ1v) is 5.14. The summed E-state index contributed by atoms with van der Waals surface area (Å²) in [5.74, 6) is 0.807. The molecule has 6 nitrogen and oxygen atoms in total. The maximum atomic E-state index is 10.9. The van der Waals surface area contributed by atoms with Crippen LogP contribution >= 0.6 is 0 Å². The van der Waals surface area contributed by atoms with E-state index in [2.05, 4.69) is 0 Å². The maximum absolute atomic E-state index is 10.9. The third-order valence-corrected chi connectivity index (χ3v) is 2.32. The summed E-state index contributed by atoms with van der Waals surface area (Å²) >= 11 is 0. The fourth-order valence-corrected chi connectivity index (χ4v) is 1.59. The molecule has 0 fully saturated rings. The standard InChI is InChI=1S/C11H16N2O4/c1-7(12)4-8-5-10(16-2)11(17-3)6-9(8)13(14)15/h5-7H,4,12H2,1-3H3. The molecule has 0 heterocycles. The van der Waals surface area contributed by atoms with Gasteiger partial charge in [-0.25, -0.2) is 0 Å². The van der Waals surface area contributed by atoms with Crippen LogP contribution in [0.2, 0.25) is 0 Å². The summed E-state index contributed by atoms with van der Waals surface area (Å²) in [4.78, 5) is 10.5. The molecule has 0 aromatic heterocycles. The van der Waals surface area contributed by atoms with Crippen LogP contribution in [0.5, 0.6) is 11.5 Å². The number of nitrogens with two attached hydrogens (primary N) is 1. The topological polar surface area (TPSA) is 87.6 Å². The van der Waals surface area contributed by atoms with Crippen LogP contribution in [-0.2, 0) is 6.42 Å². The Bertz CT molecular complexity index is 418. The highest BCUT2D eigenvalue weighted by molar-refractivity contribution is 5.54. The highest BCUT2D eigenvalue weighted by Gasteiger charge is 2.19. The van der Waals surface area contributed by atoms with Crippen molar-refractivity contribution in [1.82, 2.24) is 0 Å². The van der Waals surface area contributed by atoms with Crippen molar-refractivity contribution in [2.75, 3.05) is 14.2 Å². The highest BCUT2D eigenvalue weighted by atomic mass is 16.6. The number of ether oxygens (including phenoxy) is 2. The van der Waals surface area contributed by atoms with Crippen LogP contribution in [0.3, 0.4) is 0 Å². The van der Waals surface area contributed by atoms with E-state index < -0.39 is 4.92 Å². The Hall–Kier alpha value is -1.82. The van der Waals surface area contributed by atoms with Crippen LogP contribution in [-0.4, -0.2) is 25.2 Å². The minimum absolute atomic E-state index is 0.0000463. The van der Waals surface area contributed by atoms with Crippen molar-refractivity contribution in [3.63, 3.8) is 0 Å². The Balaban J connectivity index is 3.29. The Morgan fingerprint density at radius 1 is 1.35 bits per heavy atom. The average Bonchev–Trinajstić information content (AvgIpc) is 2.27. The molecule has 6 heteroatoms. The Morgan fingerprint density at radius 3 is 2.29 bits per heavy atom. The molecule has 0 bridgehead atoms. The molecule has 17 heavy (non-hydrogen) atoms. The SMILES string of the molecule is COc1cc(CC(C)N)c([N+](=O)[O-])cc1OC. The molecule has 94 valence electrons. The predicted octanol–water partition coefficient (Wildman–Crippen LogP) is 1.50. The summed E-state index contributed by atoms with van der Waals surface area (Å²) in [6.07, 6.45) is 0.413. The monoisotopic (exact) mass is 240 g/mol. The van der Waals surface area contributed by atoms with E-state index in [9.17, 15) is 10.1 Å². The van der Waals surface area contributed by atoms with Crippen LogP contribution in [0, 0.1) is 10.1 Å². The second-order valence-corrected chi connectivity index (χ2v) is 3.77. The van der Waals surface area contributed by atoms with Gasteiger partial charge in [0, 0.05) is 11.6 Å². The molecule has 1 aromatic rings. The van der Waals surface area contributed by atoms with Crippen molar-refractivity contribution in [2.45, 2.75) is 19.4 Å². The van der Waals surface area contributed by atoms with Crippen LogP contribution in [0.15, 0.2) is 12.1 Å². The van der Waals surface area contributed by atoms with Crippen molar-refractivity contribution < 1.29 is 14.4 Å². The quantitative estimate of drug-likeness (QED) is 0.622. The van der Waals surface area contributed by atoms with Crippen molar-refractivity contribution in [2.24, 2.45) is 5.73 Å². The molecular formula is C11H16N2O4. The summed E-state index contributed by atoms with van der Waals surface area (Å²) in [5.41, 5.74) is 6.20. The summed E-state index contributed by atoms with van der Waals surface area (Å²) < 4.78 is 10.1. The summed E-state index contributed by atoms with van der Waals surface area (Å²) in [7, 11) is 2.92. The van der Waals surface area contributed by atoms with Crippen molar-refractivity contribution in [3.05, 3.63) is 27.8 Å². The summed E-state index contributed by atoms with van der Waals surface area (Å²) in [6, 6.07) is 2.79. The number of hydrogen-bond donors (Lipinski definition) is 1. The number of benzene rings is 1. The molecule has 0 amide bonds. The van der Waals surface area contributed by atoms with Gasteiger partial charge in [0.1, 0.15) is 0 Å². The van der Waals surface area contributed by atoms with Crippen LogP contribution < -0.4 is 15.2 Å². The van der Waals surface area contributed by atoms with Gasteiger partial charge in [-0.1, -0.05) is 0 Å². The zero-order chi connectivity index (χ0) is 13.0. The van der Waals surface area contributed by atoms with Gasteiger partial charge in [0.25, 0.3) is 5.69 Å². The smallest absolute Gasteiger partial charge is 0.276 e. The van der Waals surface area contributed by atoms with Gasteiger partial charge in [0.2, 0.25) is 0 Å². The predicted molar refractivity (Wildman–Crippen MR) is 63.6 cm³/mol. The van der Waals surface area contributed by atoms with Crippen LogP contribution in [0.25, 0.3) is 0 Å². The highest BCUT2D eigenvalue weighted by Crippen LogP contribution is 2.34. The molecule has 0 aliphatic rings. The Morgan fingerprint density at radius 2 is 1.88 bits per heavy atom. The molecule has 0 aliphatic carbocycles. The second kappa shape index (κ2) is 5.49. The van der Waals surface area contributed by atoms with Gasteiger partial charge in [-0.3, -0.25) is 10.1 Å². The number of methoxy groups -OCH3 is 2. The normalized spacial score (nSPS) is 12.0. The van der Waals surface area contributed by atoms with Gasteiger partial charge < -0.3 is 15.2 Å². The first kappa shape index (κ1) is 13.2. The third-order valence-electron chi connectivity index (χ3n) is 2.32. The lowest BCUT2D eigenvalue weighted by molar-refractivity contribution is -0.385. The summed E-state index contributed by atoms with van der Waals surface area (Å²) in [6.45, 7) is 1.79. The molecule has 0 saturated carbocycles. The van der Waals surface area contributed by atoms with Gasteiger partial charge in [0.15, 0.2) is 11.5 Å². The molecule has 0 radical (unpaired) electrons. The van der Waals surface area contributed by atoms with Crippen molar-refractivity contribution >= 4 is 5.69 Å². The zero-order valence-electron chi connectivity index (χ0n) is 10.1. The Labute approximate surface area is 99.5 Å². The first-order chi connectivity index (χ1) is 7.99. The van der Waals surface area contributed by atoms with Crippen molar-refractivity contribution in [3.8, 4) is 11.5 Å². The third kappa shape index (κ3) is 3.07. The summed E-state index contributed by atoms with van der Waals surface area (Å²) in [5, 5.41) is 10.9. The number of nitro benzene ring substituents is 1. The van der Waals surface area contributed by atoms with Crippen LogP contribution in [0.1, 0.15) is 12.5 Å². The molecule has 0 saturated heterocycles. The van der Waals surface area contributed by atoms with E-state index in [0.29, 0.717) is 23.5 Å². The van der Waals surface area contributed by atoms with E-state index in [1.807, 2.05) is 0 Å². The number of nitro groups is 1. The molecule has 1 aromatic carbocycles. The van der Waals surface area contributed by atoms with E-state index in [0.717, 1.165) is 0 Å². The fraction of sp³-hybridized carbons (Fsp3) is 0.455. The zero-order valence-corrected chi connectivity index (χ0v) is 10.1. The van der Waals surface area contributed by atoms with E-state index in [4.69, 9.17) is 15.2 Å². The number of hydrogen-bond acceptors (Lipinski definition) is 5. The molecule has 0 spiro atoms. The lowest BCUT2D eigenvalue weighted by atomic mass is 10.0. The molecule has 2 N–H and O–H groups in total. The number of rotatable bonds is 5. The van der Waals surface area contributed by atoms with Crippen molar-refractivity contribution in [1.29, 1.82) is 0 Å². The lowest BCUT2D eigenvalue weighted by Crippen LogP contribution is -2.18. The maximum Gasteiger partial charge on any atom is 0.276 e. The minimum atomic E-state index is -0.445. The van der Waals surface area contributed by atoms with E-state index >= 15 is 0 Å². The first-order valence-electron chi connectivity index (χ1n) is 5.14. The number of nitrogens with zero attached hydrogens (tertiary/aromatic N) is 1. The van der Waals surface area contributed by atoms with Gasteiger partial charge in [-0.2, -0.15) is 0 Å².